The van der Waals surface area contributed by atoms with Crippen molar-refractivity contribution in [1.29, 1.82) is 0 Å². The van der Waals surface area contributed by atoms with Crippen LogP contribution in [0.15, 0.2) is 77.4 Å². The number of carbonyl (C=O) groups excluding carboxylic acids is 2. The maximum atomic E-state index is 12.8. The minimum atomic E-state index is -0.935. The predicted octanol–water partition coefficient (Wildman–Crippen LogP) is 5.27. The van der Waals surface area contributed by atoms with Gasteiger partial charge in [-0.1, -0.05) is 36.4 Å². The van der Waals surface area contributed by atoms with E-state index in [-0.39, 0.29) is 25.0 Å². The Morgan fingerprint density at radius 2 is 1.89 bits per heavy atom. The molecule has 0 unspecified atom stereocenters. The number of fused-ring (bicyclic) bond motifs is 1. The minimum Gasteiger partial charge on any atom is -0.489 e. The van der Waals surface area contributed by atoms with Gasteiger partial charge in [-0.15, -0.1) is 0 Å². The van der Waals surface area contributed by atoms with Crippen LogP contribution >= 0.6 is 0 Å². The van der Waals surface area contributed by atoms with Crippen molar-refractivity contribution in [3.8, 4) is 16.9 Å². The number of hydrogen-bond donors (Lipinski definition) is 2. The molecule has 1 amide bonds. The molecule has 1 aliphatic rings. The zero-order valence-electron chi connectivity index (χ0n) is 20.7. The maximum absolute atomic E-state index is 12.8. The van der Waals surface area contributed by atoms with Crippen LogP contribution < -0.4 is 15.8 Å². The van der Waals surface area contributed by atoms with Crippen molar-refractivity contribution in [2.45, 2.75) is 39.0 Å². The van der Waals surface area contributed by atoms with Crippen molar-refractivity contribution in [2.24, 2.45) is 11.7 Å². The number of benzene rings is 3. The Kier molecular flexibility index (Phi) is 7.23. The minimum absolute atomic E-state index is 0.0390. The van der Waals surface area contributed by atoms with Gasteiger partial charge in [0, 0.05) is 29.0 Å². The quantitative estimate of drug-likeness (QED) is 0.289. The van der Waals surface area contributed by atoms with E-state index in [1.807, 2.05) is 48.5 Å². The molecule has 0 saturated heterocycles. The number of hydrogen-bond acceptors (Lipinski definition) is 6. The van der Waals surface area contributed by atoms with E-state index >= 15 is 0 Å². The van der Waals surface area contributed by atoms with Gasteiger partial charge in [0.1, 0.15) is 17.9 Å². The molecule has 7 nitrogen and oxygen atoms in total. The Morgan fingerprint density at radius 1 is 1.05 bits per heavy atom. The van der Waals surface area contributed by atoms with Crippen molar-refractivity contribution < 1.29 is 23.5 Å². The van der Waals surface area contributed by atoms with E-state index in [9.17, 15) is 9.59 Å². The summed E-state index contributed by atoms with van der Waals surface area (Å²) >= 11 is 0. The monoisotopic (exact) mass is 498 g/mol. The third kappa shape index (κ3) is 5.52. The molecule has 1 aromatic heterocycles. The van der Waals surface area contributed by atoms with E-state index < -0.39 is 12.0 Å². The lowest BCUT2D eigenvalue weighted by molar-refractivity contribution is -0.147. The summed E-state index contributed by atoms with van der Waals surface area (Å²) in [7, 11) is 0. The van der Waals surface area contributed by atoms with Crippen LogP contribution in [0.4, 0.5) is 0 Å². The number of esters is 1. The summed E-state index contributed by atoms with van der Waals surface area (Å²) in [5.41, 5.74) is 11.1. The fourth-order valence-corrected chi connectivity index (χ4v) is 4.41. The molecule has 37 heavy (non-hydrogen) atoms. The van der Waals surface area contributed by atoms with Crippen LogP contribution in [0.3, 0.4) is 0 Å². The summed E-state index contributed by atoms with van der Waals surface area (Å²) in [6.45, 7) is 2.67. The van der Waals surface area contributed by atoms with Crippen LogP contribution in [0.25, 0.3) is 22.1 Å². The molecule has 0 aliphatic heterocycles. The van der Waals surface area contributed by atoms with Gasteiger partial charge in [0.25, 0.3) is 0 Å². The van der Waals surface area contributed by atoms with Crippen molar-refractivity contribution in [3.63, 3.8) is 0 Å². The van der Waals surface area contributed by atoms with Gasteiger partial charge < -0.3 is 24.9 Å². The average molecular weight is 499 g/mol. The number of amides is 1. The second-order valence-corrected chi connectivity index (χ2v) is 9.18. The first kappa shape index (κ1) is 24.6. The molecule has 190 valence electrons. The topological polar surface area (TPSA) is 104 Å². The lowest BCUT2D eigenvalue weighted by Gasteiger charge is -2.21. The fraction of sp³-hybridized carbons (Fsp3) is 0.267. The highest BCUT2D eigenvalue weighted by Gasteiger charge is 2.34. The highest BCUT2D eigenvalue weighted by Crippen LogP contribution is 2.34. The Bertz CT molecular complexity index is 1420. The Hall–Kier alpha value is -4.10. The number of nitrogens with one attached hydrogen (secondary N) is 1. The van der Waals surface area contributed by atoms with E-state index in [0.29, 0.717) is 17.9 Å². The standard InChI is InChI=1S/C30H30N2O5/c1-2-35-30(34)27(32-29(33)21-10-11-21)24-8-3-4-9-26(24)37-18-20-15-23-12-13-36-28(23)25(16-20)22-7-5-6-19(14-22)17-31/h3-9,12-16,21,27H,2,10-11,17-18,31H2,1H3,(H,32,33)/t27-/m0/s1. The Morgan fingerprint density at radius 3 is 2.68 bits per heavy atom. The van der Waals surface area contributed by atoms with Crippen LogP contribution in [-0.2, 0) is 27.5 Å². The van der Waals surface area contributed by atoms with Crippen LogP contribution in [0.2, 0.25) is 0 Å². The molecule has 1 saturated carbocycles. The number of ether oxygens (including phenoxy) is 2. The smallest absolute Gasteiger partial charge is 0.333 e. The van der Waals surface area contributed by atoms with E-state index in [2.05, 4.69) is 11.4 Å². The highest BCUT2D eigenvalue weighted by atomic mass is 16.5. The second-order valence-electron chi connectivity index (χ2n) is 9.18. The van der Waals surface area contributed by atoms with Gasteiger partial charge in [-0.3, -0.25) is 4.79 Å². The van der Waals surface area contributed by atoms with E-state index in [1.54, 1.807) is 25.3 Å². The average Bonchev–Trinajstić information content (AvgIpc) is 3.67. The molecular formula is C30H30N2O5. The first-order valence-corrected chi connectivity index (χ1v) is 12.6. The van der Waals surface area contributed by atoms with Gasteiger partial charge >= 0.3 is 5.97 Å². The van der Waals surface area contributed by atoms with Crippen molar-refractivity contribution in [1.82, 2.24) is 5.32 Å². The van der Waals surface area contributed by atoms with Gasteiger partial charge in [0.15, 0.2) is 6.04 Å². The molecule has 1 heterocycles. The summed E-state index contributed by atoms with van der Waals surface area (Å²) in [5.74, 6) is -0.171. The van der Waals surface area contributed by atoms with Crippen molar-refractivity contribution >= 4 is 22.8 Å². The number of furan rings is 1. The Labute approximate surface area is 215 Å². The largest absolute Gasteiger partial charge is 0.489 e. The SMILES string of the molecule is CCOC(=O)[C@@H](NC(=O)C1CC1)c1ccccc1OCc1cc(-c2cccc(CN)c2)c2occc2c1. The van der Waals surface area contributed by atoms with E-state index in [4.69, 9.17) is 19.6 Å². The zero-order chi connectivity index (χ0) is 25.8. The third-order valence-corrected chi connectivity index (χ3v) is 6.47. The van der Waals surface area contributed by atoms with Crippen molar-refractivity contribution in [2.75, 3.05) is 6.61 Å². The summed E-state index contributed by atoms with van der Waals surface area (Å²) in [4.78, 5) is 25.3. The fourth-order valence-electron chi connectivity index (χ4n) is 4.41. The second kappa shape index (κ2) is 10.9. The molecular weight excluding hydrogens is 468 g/mol. The summed E-state index contributed by atoms with van der Waals surface area (Å²) in [6.07, 6.45) is 3.35. The summed E-state index contributed by atoms with van der Waals surface area (Å²) in [6, 6.07) is 20.4. The molecule has 1 atom stereocenters. The maximum Gasteiger partial charge on any atom is 0.333 e. The first-order valence-electron chi connectivity index (χ1n) is 12.6. The molecule has 0 spiro atoms. The number of carbonyl (C=O) groups is 2. The zero-order valence-corrected chi connectivity index (χ0v) is 20.7. The number of para-hydroxylation sites is 1. The molecule has 5 rings (SSSR count). The van der Waals surface area contributed by atoms with Gasteiger partial charge in [-0.2, -0.15) is 0 Å². The molecule has 7 heteroatoms. The first-order chi connectivity index (χ1) is 18.1. The predicted molar refractivity (Wildman–Crippen MR) is 141 cm³/mol. The molecule has 3 N–H and O–H groups in total. The molecule has 1 fully saturated rings. The van der Waals surface area contributed by atoms with Crippen LogP contribution in [-0.4, -0.2) is 18.5 Å². The van der Waals surface area contributed by atoms with Crippen molar-refractivity contribution in [3.05, 3.63) is 89.7 Å². The van der Waals surface area contributed by atoms with Gasteiger partial charge in [-0.25, -0.2) is 4.79 Å². The lowest BCUT2D eigenvalue weighted by atomic mass is 9.99. The van der Waals surface area contributed by atoms with Crippen LogP contribution in [0.5, 0.6) is 5.75 Å². The normalized spacial score (nSPS) is 13.8. The number of nitrogens with two attached hydrogens (primary N) is 1. The Balaban J connectivity index is 1.43. The summed E-state index contributed by atoms with van der Waals surface area (Å²) < 4.78 is 17.3. The van der Waals surface area contributed by atoms with Gasteiger partial charge in [0.05, 0.1) is 12.9 Å². The molecule has 1 aliphatic carbocycles. The molecule has 0 bridgehead atoms. The van der Waals surface area contributed by atoms with Gasteiger partial charge in [-0.05, 0) is 66.8 Å². The molecule has 3 aromatic carbocycles. The molecule has 0 radical (unpaired) electrons. The van der Waals surface area contributed by atoms with E-state index in [1.165, 1.54) is 0 Å². The van der Waals surface area contributed by atoms with Crippen LogP contribution in [0, 0.1) is 5.92 Å². The highest BCUT2D eigenvalue weighted by molar-refractivity contribution is 5.93. The molecule has 4 aromatic rings. The third-order valence-electron chi connectivity index (χ3n) is 6.47. The van der Waals surface area contributed by atoms with Gasteiger partial charge in [0.2, 0.25) is 5.91 Å². The number of rotatable bonds is 10. The van der Waals surface area contributed by atoms with E-state index in [0.717, 1.165) is 46.1 Å². The summed E-state index contributed by atoms with van der Waals surface area (Å²) in [5, 5.41) is 3.83. The van der Waals surface area contributed by atoms with Crippen LogP contribution in [0.1, 0.15) is 42.5 Å². The lowest BCUT2D eigenvalue weighted by Crippen LogP contribution is -2.36.